The molecule has 0 bridgehead atoms. The molecular weight excluding hydrogens is 388 g/mol. The number of nitrogens with zero attached hydrogens (tertiary/aromatic N) is 2. The van der Waals surface area contributed by atoms with Crippen LogP contribution in [0.5, 0.6) is 5.75 Å². The van der Waals surface area contributed by atoms with Gasteiger partial charge in [-0.25, -0.2) is 13.1 Å². The molecule has 0 unspecified atom stereocenters. The SMILES string of the molecule is COc1cc(C)c([C@@H](C)NS(=O)(=O)c2nnc(NC(C)=O)s2)cc1C(C)C. The number of benzene rings is 1. The lowest BCUT2D eigenvalue weighted by molar-refractivity contribution is -0.114. The van der Waals surface area contributed by atoms with E-state index in [1.165, 1.54) is 6.92 Å². The lowest BCUT2D eigenvalue weighted by Gasteiger charge is -2.20. The van der Waals surface area contributed by atoms with E-state index in [-0.39, 0.29) is 21.3 Å². The third kappa shape index (κ3) is 5.02. The first-order valence-corrected chi connectivity index (χ1v) is 10.7. The van der Waals surface area contributed by atoms with Crippen LogP contribution >= 0.6 is 11.3 Å². The van der Waals surface area contributed by atoms with Crippen LogP contribution in [0.4, 0.5) is 5.13 Å². The second-order valence-electron chi connectivity index (χ2n) is 6.50. The Morgan fingerprint density at radius 2 is 1.85 bits per heavy atom. The molecule has 1 heterocycles. The zero-order chi connectivity index (χ0) is 20.4. The van der Waals surface area contributed by atoms with Gasteiger partial charge in [-0.05, 0) is 48.6 Å². The maximum Gasteiger partial charge on any atom is 0.270 e. The molecule has 0 saturated heterocycles. The Morgan fingerprint density at radius 1 is 1.19 bits per heavy atom. The second-order valence-corrected chi connectivity index (χ2v) is 9.37. The number of amides is 1. The topological polar surface area (TPSA) is 110 Å². The first-order chi connectivity index (χ1) is 12.5. The molecule has 0 aliphatic rings. The van der Waals surface area contributed by atoms with Crippen molar-refractivity contribution in [3.63, 3.8) is 0 Å². The van der Waals surface area contributed by atoms with Crippen LogP contribution in [-0.4, -0.2) is 31.6 Å². The molecule has 0 aliphatic carbocycles. The largest absolute Gasteiger partial charge is 0.496 e. The number of nitrogens with one attached hydrogen (secondary N) is 2. The van der Waals surface area contributed by atoms with Gasteiger partial charge < -0.3 is 10.1 Å². The van der Waals surface area contributed by atoms with E-state index < -0.39 is 16.1 Å². The third-order valence-corrected chi connectivity index (χ3v) is 6.70. The first-order valence-electron chi connectivity index (χ1n) is 8.37. The van der Waals surface area contributed by atoms with Gasteiger partial charge in [0.25, 0.3) is 10.0 Å². The summed E-state index contributed by atoms with van der Waals surface area (Å²) in [4.78, 5) is 11.1. The van der Waals surface area contributed by atoms with Crippen molar-refractivity contribution in [3.05, 3.63) is 28.8 Å². The number of carbonyl (C=O) groups excluding carboxylic acids is 1. The van der Waals surface area contributed by atoms with Gasteiger partial charge in [0, 0.05) is 13.0 Å². The second kappa shape index (κ2) is 8.32. The highest BCUT2D eigenvalue weighted by Crippen LogP contribution is 2.32. The maximum absolute atomic E-state index is 12.6. The summed E-state index contributed by atoms with van der Waals surface area (Å²) in [5.74, 6) is 0.670. The molecule has 2 N–H and O–H groups in total. The van der Waals surface area contributed by atoms with Gasteiger partial charge in [0.05, 0.1) is 7.11 Å². The van der Waals surface area contributed by atoms with Crippen molar-refractivity contribution in [2.24, 2.45) is 0 Å². The fraction of sp³-hybridized carbons (Fsp3) is 0.471. The molecule has 1 aromatic heterocycles. The maximum atomic E-state index is 12.6. The fourth-order valence-corrected chi connectivity index (χ4v) is 4.86. The van der Waals surface area contributed by atoms with Crippen molar-refractivity contribution in [3.8, 4) is 5.75 Å². The number of sulfonamides is 1. The molecule has 0 aliphatic heterocycles. The number of aryl methyl sites for hydroxylation is 1. The van der Waals surface area contributed by atoms with Crippen molar-refractivity contribution >= 4 is 32.4 Å². The van der Waals surface area contributed by atoms with Crippen LogP contribution in [0.2, 0.25) is 0 Å². The number of anilines is 1. The van der Waals surface area contributed by atoms with Gasteiger partial charge in [-0.15, -0.1) is 10.2 Å². The van der Waals surface area contributed by atoms with E-state index in [9.17, 15) is 13.2 Å². The Morgan fingerprint density at radius 3 is 2.41 bits per heavy atom. The van der Waals surface area contributed by atoms with Crippen LogP contribution in [0.3, 0.4) is 0 Å². The normalized spacial score (nSPS) is 12.9. The highest BCUT2D eigenvalue weighted by molar-refractivity contribution is 7.91. The van der Waals surface area contributed by atoms with Crippen molar-refractivity contribution in [2.45, 2.75) is 50.9 Å². The van der Waals surface area contributed by atoms with Crippen LogP contribution < -0.4 is 14.8 Å². The molecule has 0 saturated carbocycles. The quantitative estimate of drug-likeness (QED) is 0.677. The standard InChI is InChI=1S/C17H24N4O4S2/c1-9(2)13-8-14(10(3)7-15(13)25-6)11(4)21-27(23,24)17-20-19-16(26-17)18-12(5)22/h7-9,11,21H,1-6H3,(H,18,19,22)/t11-/m1/s1. The average molecular weight is 413 g/mol. The fourth-order valence-electron chi connectivity index (χ4n) is 2.68. The van der Waals surface area contributed by atoms with E-state index in [0.29, 0.717) is 0 Å². The van der Waals surface area contributed by atoms with Gasteiger partial charge >= 0.3 is 0 Å². The lowest BCUT2D eigenvalue weighted by Crippen LogP contribution is -2.27. The molecule has 8 nitrogen and oxygen atoms in total. The molecule has 2 aromatic rings. The average Bonchev–Trinajstić information content (AvgIpc) is 3.02. The van der Waals surface area contributed by atoms with Gasteiger partial charge in [0.1, 0.15) is 5.75 Å². The molecule has 27 heavy (non-hydrogen) atoms. The van der Waals surface area contributed by atoms with Gasteiger partial charge in [-0.2, -0.15) is 0 Å². The number of ether oxygens (including phenoxy) is 1. The molecule has 1 aromatic carbocycles. The molecule has 0 spiro atoms. The highest BCUT2D eigenvalue weighted by Gasteiger charge is 2.25. The predicted molar refractivity (Wildman–Crippen MR) is 105 cm³/mol. The first kappa shape index (κ1) is 21.3. The molecule has 0 fully saturated rings. The summed E-state index contributed by atoms with van der Waals surface area (Å²) in [5.41, 5.74) is 2.78. The third-order valence-electron chi connectivity index (χ3n) is 3.96. The summed E-state index contributed by atoms with van der Waals surface area (Å²) >= 11 is 0.799. The smallest absolute Gasteiger partial charge is 0.270 e. The molecule has 1 atom stereocenters. The van der Waals surface area contributed by atoms with E-state index >= 15 is 0 Å². The number of methoxy groups -OCH3 is 1. The predicted octanol–water partition coefficient (Wildman–Crippen LogP) is 2.98. The highest BCUT2D eigenvalue weighted by atomic mass is 32.2. The van der Waals surface area contributed by atoms with Crippen LogP contribution in [0.15, 0.2) is 16.5 Å². The summed E-state index contributed by atoms with van der Waals surface area (Å²) in [7, 11) is -2.26. The number of hydrogen-bond acceptors (Lipinski definition) is 7. The van der Waals surface area contributed by atoms with Gasteiger partial charge in [0.2, 0.25) is 15.4 Å². The van der Waals surface area contributed by atoms with Gasteiger partial charge in [0.15, 0.2) is 0 Å². The molecule has 10 heteroatoms. The Balaban J connectivity index is 2.30. The van der Waals surface area contributed by atoms with E-state index in [1.54, 1.807) is 14.0 Å². The lowest BCUT2D eigenvalue weighted by atomic mass is 9.94. The van der Waals surface area contributed by atoms with Crippen LogP contribution in [0.1, 0.15) is 56.3 Å². The summed E-state index contributed by atoms with van der Waals surface area (Å²) in [6.07, 6.45) is 0. The molecule has 0 radical (unpaired) electrons. The van der Waals surface area contributed by atoms with Gasteiger partial charge in [-0.1, -0.05) is 25.2 Å². The summed E-state index contributed by atoms with van der Waals surface area (Å²) in [6.45, 7) is 9.10. The van der Waals surface area contributed by atoms with Crippen molar-refractivity contribution in [1.29, 1.82) is 0 Å². The summed E-state index contributed by atoms with van der Waals surface area (Å²) < 4.78 is 33.1. The van der Waals surface area contributed by atoms with Crippen molar-refractivity contribution < 1.29 is 17.9 Å². The number of aromatic nitrogens is 2. The Labute approximate surface area is 163 Å². The monoisotopic (exact) mass is 412 g/mol. The van der Waals surface area contributed by atoms with E-state index in [2.05, 4.69) is 34.1 Å². The van der Waals surface area contributed by atoms with Crippen molar-refractivity contribution in [2.75, 3.05) is 12.4 Å². The van der Waals surface area contributed by atoms with Crippen LogP contribution in [-0.2, 0) is 14.8 Å². The summed E-state index contributed by atoms with van der Waals surface area (Å²) in [6, 6.07) is 3.40. The Bertz CT molecular complexity index is 938. The van der Waals surface area contributed by atoms with Gasteiger partial charge in [-0.3, -0.25) is 4.79 Å². The number of carbonyl (C=O) groups is 1. The number of hydrogen-bond donors (Lipinski definition) is 2. The Hall–Kier alpha value is -2.04. The minimum absolute atomic E-state index is 0.137. The van der Waals surface area contributed by atoms with E-state index in [4.69, 9.17) is 4.74 Å². The molecule has 2 rings (SSSR count). The zero-order valence-electron chi connectivity index (χ0n) is 16.2. The minimum Gasteiger partial charge on any atom is -0.496 e. The van der Waals surface area contributed by atoms with E-state index in [1.807, 2.05) is 19.1 Å². The van der Waals surface area contributed by atoms with E-state index in [0.717, 1.165) is 33.8 Å². The van der Waals surface area contributed by atoms with Crippen LogP contribution in [0.25, 0.3) is 0 Å². The molecule has 148 valence electrons. The van der Waals surface area contributed by atoms with Crippen LogP contribution in [0, 0.1) is 6.92 Å². The number of rotatable bonds is 7. The van der Waals surface area contributed by atoms with Crippen molar-refractivity contribution in [1.82, 2.24) is 14.9 Å². The molecule has 1 amide bonds. The molecular formula is C17H24N4O4S2. The summed E-state index contributed by atoms with van der Waals surface area (Å²) in [5, 5.41) is 9.91. The minimum atomic E-state index is -3.88. The zero-order valence-corrected chi connectivity index (χ0v) is 17.8. The Kier molecular flexibility index (Phi) is 6.55.